The van der Waals surface area contributed by atoms with Gasteiger partial charge in [0.25, 0.3) is 0 Å². The zero-order chi connectivity index (χ0) is 31.1. The molecule has 0 heterocycles. The van der Waals surface area contributed by atoms with Crippen LogP contribution in [0.15, 0.2) is 146 Å². The summed E-state index contributed by atoms with van der Waals surface area (Å²) in [6.07, 6.45) is 0. The molecular weight excluding hydrogens is 970 g/mol. The van der Waals surface area contributed by atoms with Gasteiger partial charge in [0.2, 0.25) is 0 Å². The Morgan fingerprint density at radius 2 is 0.362 bits per heavy atom. The molecule has 5 heteroatoms. The van der Waals surface area contributed by atoms with Gasteiger partial charge in [0.1, 0.15) is 0 Å². The summed E-state index contributed by atoms with van der Waals surface area (Å²) >= 11 is -4.46. The molecule has 6 aromatic carbocycles. The first-order valence-electron chi connectivity index (χ1n) is 15.3. The normalized spacial score (nSPS) is 10.2. The van der Waals surface area contributed by atoms with Crippen molar-refractivity contribution in [3.8, 4) is 0 Å². The molecule has 0 aliphatic heterocycles. The van der Waals surface area contributed by atoms with E-state index in [1.165, 1.54) is 33.4 Å². The standard InChI is InChI=1S/6C7H7.2Bi.3H2O/c6*1-7-5-3-2-4-6-7;;;;;/h6*2-5H,1H3;;;3*1H2. The minimum atomic E-state index is -2.23. The number of rotatable bonds is 6. The van der Waals surface area contributed by atoms with E-state index in [0.717, 1.165) is 0 Å². The summed E-state index contributed by atoms with van der Waals surface area (Å²) in [4.78, 5) is 0. The van der Waals surface area contributed by atoms with Gasteiger partial charge in [-0.3, -0.25) is 0 Å². The molecule has 3 nitrogen and oxygen atoms in total. The maximum Gasteiger partial charge on any atom is -0.412 e. The van der Waals surface area contributed by atoms with Crippen molar-refractivity contribution in [3.63, 3.8) is 0 Å². The van der Waals surface area contributed by atoms with Crippen molar-refractivity contribution in [1.82, 2.24) is 0 Å². The average Bonchev–Trinajstić information content (AvgIpc) is 3.03. The van der Waals surface area contributed by atoms with Crippen LogP contribution in [0.5, 0.6) is 0 Å². The molecule has 0 bridgehead atoms. The Morgan fingerprint density at radius 1 is 0.234 bits per heavy atom. The second-order valence-electron chi connectivity index (χ2n) is 11.4. The SMILES string of the molecule is Cc1cccc[c]1[Bi]([c]1ccccc1C)[c]1ccccc1C.Cc1cccc[c]1[Bi]([c]1ccccc1C)[c]1ccccc1C.O.O.O. The molecule has 0 unspecified atom stereocenters. The third kappa shape index (κ3) is 9.53. The summed E-state index contributed by atoms with van der Waals surface area (Å²) in [6, 6.07) is 53.7. The fourth-order valence-corrected chi connectivity index (χ4v) is 27.2. The van der Waals surface area contributed by atoms with E-state index in [1.54, 1.807) is 19.6 Å². The summed E-state index contributed by atoms with van der Waals surface area (Å²) in [5, 5.41) is 0. The van der Waals surface area contributed by atoms with Crippen LogP contribution in [0.2, 0.25) is 0 Å². The van der Waals surface area contributed by atoms with Crippen LogP contribution in [0.25, 0.3) is 0 Å². The molecule has 0 aromatic heterocycles. The smallest absolute Gasteiger partial charge is 0.412 e. The molecule has 0 aliphatic carbocycles. The molecule has 0 amide bonds. The van der Waals surface area contributed by atoms with Crippen molar-refractivity contribution < 1.29 is 16.4 Å². The van der Waals surface area contributed by atoms with E-state index in [0.29, 0.717) is 0 Å². The molecule has 47 heavy (non-hydrogen) atoms. The molecule has 0 radical (unpaired) electrons. The molecule has 0 atom stereocenters. The van der Waals surface area contributed by atoms with Gasteiger partial charge in [-0.1, -0.05) is 0 Å². The predicted molar refractivity (Wildman–Crippen MR) is 207 cm³/mol. The van der Waals surface area contributed by atoms with Crippen LogP contribution >= 0.6 is 0 Å². The second-order valence-corrected chi connectivity index (χ2v) is 27.8. The van der Waals surface area contributed by atoms with Crippen molar-refractivity contribution in [2.45, 2.75) is 41.5 Å². The molecule has 0 fully saturated rings. The Labute approximate surface area is 297 Å². The van der Waals surface area contributed by atoms with Crippen LogP contribution in [0.3, 0.4) is 0 Å². The molecule has 0 saturated heterocycles. The summed E-state index contributed by atoms with van der Waals surface area (Å²) in [5.74, 6) is 0. The first-order valence-corrected chi connectivity index (χ1v) is 25.7. The first-order chi connectivity index (χ1) is 21.4. The van der Waals surface area contributed by atoms with E-state index >= 15 is 0 Å². The molecule has 6 N–H and O–H groups in total. The molecule has 244 valence electrons. The van der Waals surface area contributed by atoms with Crippen LogP contribution in [0.4, 0.5) is 0 Å². The quantitative estimate of drug-likeness (QED) is 0.228. The molecular formula is C42H48Bi2O3. The van der Waals surface area contributed by atoms with Gasteiger partial charge in [-0.15, -0.1) is 0 Å². The van der Waals surface area contributed by atoms with Crippen molar-refractivity contribution in [2.75, 3.05) is 0 Å². The van der Waals surface area contributed by atoms with Crippen LogP contribution in [-0.2, 0) is 0 Å². The Kier molecular flexibility index (Phi) is 16.3. The zero-order valence-corrected chi connectivity index (χ0v) is 35.2. The van der Waals surface area contributed by atoms with Gasteiger partial charge in [0.15, 0.2) is 0 Å². The Balaban J connectivity index is 0.000000307. The van der Waals surface area contributed by atoms with Crippen molar-refractivity contribution in [1.29, 1.82) is 0 Å². The van der Waals surface area contributed by atoms with E-state index in [4.69, 9.17) is 0 Å². The second kappa shape index (κ2) is 19.1. The van der Waals surface area contributed by atoms with Crippen LogP contribution in [0.1, 0.15) is 33.4 Å². The third-order valence-corrected chi connectivity index (χ3v) is 31.1. The molecule has 0 spiro atoms. The van der Waals surface area contributed by atoms with Crippen molar-refractivity contribution in [2.24, 2.45) is 0 Å². The van der Waals surface area contributed by atoms with E-state index < -0.39 is 43.5 Å². The minimum Gasteiger partial charge on any atom is -0.412 e. The van der Waals surface area contributed by atoms with Gasteiger partial charge in [0.05, 0.1) is 0 Å². The molecule has 6 aromatic rings. The monoisotopic (exact) mass is 1020 g/mol. The first kappa shape index (κ1) is 40.1. The zero-order valence-electron chi connectivity index (χ0n) is 28.3. The topological polar surface area (TPSA) is 94.5 Å². The fourth-order valence-electron chi connectivity index (χ4n) is 5.66. The Hall–Kier alpha value is -3.03. The molecule has 0 saturated carbocycles. The minimum absolute atomic E-state index is 0. The maximum atomic E-state index is 2.35. The van der Waals surface area contributed by atoms with Crippen LogP contribution in [-0.4, -0.2) is 59.9 Å². The summed E-state index contributed by atoms with van der Waals surface area (Å²) < 4.78 is 9.59. The van der Waals surface area contributed by atoms with E-state index in [2.05, 4.69) is 187 Å². The van der Waals surface area contributed by atoms with Gasteiger partial charge in [-0.25, -0.2) is 0 Å². The van der Waals surface area contributed by atoms with E-state index in [1.807, 2.05) is 0 Å². The van der Waals surface area contributed by atoms with Gasteiger partial charge < -0.3 is 16.4 Å². The Bertz CT molecular complexity index is 1510. The van der Waals surface area contributed by atoms with E-state index in [9.17, 15) is 0 Å². The number of hydrogen-bond acceptors (Lipinski definition) is 0. The summed E-state index contributed by atoms with van der Waals surface area (Å²) in [5.41, 5.74) is 8.62. The predicted octanol–water partition coefficient (Wildman–Crippen LogP) is 3.78. The summed E-state index contributed by atoms with van der Waals surface area (Å²) in [6.45, 7) is 13.5. The average molecular weight is 1020 g/mol. The molecule has 6 rings (SSSR count). The van der Waals surface area contributed by atoms with Gasteiger partial charge in [-0.2, -0.15) is 0 Å². The Morgan fingerprint density at radius 3 is 0.489 bits per heavy atom. The van der Waals surface area contributed by atoms with Crippen LogP contribution in [0, 0.1) is 41.5 Å². The summed E-state index contributed by atoms with van der Waals surface area (Å²) in [7, 11) is 0. The number of hydrogen-bond donors (Lipinski definition) is 0. The van der Waals surface area contributed by atoms with Gasteiger partial charge >= 0.3 is 284 Å². The van der Waals surface area contributed by atoms with E-state index in [-0.39, 0.29) is 16.4 Å². The molecule has 0 aliphatic rings. The third-order valence-electron chi connectivity index (χ3n) is 8.14. The largest absolute Gasteiger partial charge is 0.412 e. The van der Waals surface area contributed by atoms with Gasteiger partial charge in [0, 0.05) is 0 Å². The number of aryl methyl sites for hydroxylation is 6. The fraction of sp³-hybridized carbons (Fsp3) is 0.143. The van der Waals surface area contributed by atoms with Crippen molar-refractivity contribution in [3.05, 3.63) is 179 Å². The van der Waals surface area contributed by atoms with Crippen molar-refractivity contribution >= 4 is 63.1 Å². The van der Waals surface area contributed by atoms with Crippen LogP contribution < -0.4 is 19.6 Å². The number of benzene rings is 6. The maximum absolute atomic E-state index is 2.35. The van der Waals surface area contributed by atoms with Gasteiger partial charge in [-0.05, 0) is 0 Å².